The second-order valence-corrected chi connectivity index (χ2v) is 4.69. The first-order chi connectivity index (χ1) is 10.2. The van der Waals surface area contributed by atoms with Gasteiger partial charge < -0.3 is 5.32 Å². The molecule has 106 valence electrons. The first-order valence-corrected chi connectivity index (χ1v) is 6.55. The van der Waals surface area contributed by atoms with Gasteiger partial charge in [-0.2, -0.15) is 0 Å². The highest BCUT2D eigenvalue weighted by Gasteiger charge is 2.07. The van der Waals surface area contributed by atoms with Gasteiger partial charge in [0.25, 0.3) is 0 Å². The van der Waals surface area contributed by atoms with Crippen LogP contribution in [-0.2, 0) is 0 Å². The molecular formula is C15H14FN5. The van der Waals surface area contributed by atoms with Crippen LogP contribution < -0.4 is 5.32 Å². The molecule has 1 N–H and O–H groups in total. The first-order valence-electron chi connectivity index (χ1n) is 6.55. The number of nitrogens with one attached hydrogen (secondary N) is 1. The van der Waals surface area contributed by atoms with Gasteiger partial charge in [0.1, 0.15) is 18.5 Å². The number of hydrogen-bond donors (Lipinski definition) is 1. The number of halogens is 1. The molecule has 0 aliphatic carbocycles. The van der Waals surface area contributed by atoms with Gasteiger partial charge in [-0.1, -0.05) is 6.07 Å². The summed E-state index contributed by atoms with van der Waals surface area (Å²) in [6, 6.07) is 10.9. The minimum Gasteiger partial charge on any atom is -0.377 e. The lowest BCUT2D eigenvalue weighted by Crippen LogP contribution is -2.08. The third-order valence-corrected chi connectivity index (χ3v) is 3.14. The molecule has 2 aromatic heterocycles. The number of anilines is 1. The molecule has 21 heavy (non-hydrogen) atoms. The Kier molecular flexibility index (Phi) is 3.59. The Labute approximate surface area is 121 Å². The van der Waals surface area contributed by atoms with Gasteiger partial charge in [-0.3, -0.25) is 9.55 Å². The highest BCUT2D eigenvalue weighted by molar-refractivity contribution is 5.52. The molecule has 0 radical (unpaired) electrons. The van der Waals surface area contributed by atoms with Crippen molar-refractivity contribution in [3.63, 3.8) is 0 Å². The van der Waals surface area contributed by atoms with Crippen molar-refractivity contribution in [2.75, 3.05) is 5.32 Å². The van der Waals surface area contributed by atoms with Crippen LogP contribution in [0.4, 0.5) is 10.1 Å². The zero-order chi connectivity index (χ0) is 14.7. The molecule has 0 aliphatic rings. The Bertz CT molecular complexity index is 709. The van der Waals surface area contributed by atoms with Crippen molar-refractivity contribution in [1.82, 2.24) is 19.7 Å². The topological polar surface area (TPSA) is 55.6 Å². The van der Waals surface area contributed by atoms with Crippen LogP contribution in [0.3, 0.4) is 0 Å². The van der Waals surface area contributed by atoms with Crippen molar-refractivity contribution in [3.05, 3.63) is 66.8 Å². The van der Waals surface area contributed by atoms with E-state index in [9.17, 15) is 4.39 Å². The summed E-state index contributed by atoms with van der Waals surface area (Å²) in [5.74, 6) is -0.333. The van der Waals surface area contributed by atoms with E-state index in [1.807, 2.05) is 35.8 Å². The number of hydrogen-bond acceptors (Lipinski definition) is 4. The number of rotatable bonds is 4. The van der Waals surface area contributed by atoms with Gasteiger partial charge >= 0.3 is 0 Å². The number of pyridine rings is 1. The number of benzene rings is 1. The van der Waals surface area contributed by atoms with E-state index < -0.39 is 0 Å². The molecule has 0 saturated heterocycles. The maximum Gasteiger partial charge on any atom is 0.141 e. The maximum atomic E-state index is 12.9. The van der Waals surface area contributed by atoms with E-state index in [0.29, 0.717) is 0 Å². The van der Waals surface area contributed by atoms with Crippen LogP contribution in [0.15, 0.2) is 55.2 Å². The minimum absolute atomic E-state index is 0.0261. The van der Waals surface area contributed by atoms with Crippen LogP contribution in [0.5, 0.6) is 0 Å². The van der Waals surface area contributed by atoms with E-state index in [-0.39, 0.29) is 11.9 Å². The van der Waals surface area contributed by atoms with E-state index in [2.05, 4.69) is 20.5 Å². The molecule has 3 aromatic rings. The Morgan fingerprint density at radius 2 is 1.95 bits per heavy atom. The van der Waals surface area contributed by atoms with Gasteiger partial charge in [0.2, 0.25) is 0 Å². The van der Waals surface area contributed by atoms with Crippen LogP contribution >= 0.6 is 0 Å². The molecule has 0 fully saturated rings. The van der Waals surface area contributed by atoms with Crippen molar-refractivity contribution >= 4 is 5.69 Å². The molecule has 0 aliphatic heterocycles. The average molecular weight is 283 g/mol. The van der Waals surface area contributed by atoms with Gasteiger partial charge in [-0.15, -0.1) is 10.2 Å². The molecule has 2 heterocycles. The van der Waals surface area contributed by atoms with E-state index >= 15 is 0 Å². The molecule has 0 spiro atoms. The predicted molar refractivity (Wildman–Crippen MR) is 77.6 cm³/mol. The van der Waals surface area contributed by atoms with E-state index in [1.165, 1.54) is 12.3 Å². The molecule has 5 nitrogen and oxygen atoms in total. The summed E-state index contributed by atoms with van der Waals surface area (Å²) in [7, 11) is 0. The predicted octanol–water partition coefficient (Wildman–Crippen LogP) is 2.97. The van der Waals surface area contributed by atoms with E-state index in [1.54, 1.807) is 18.7 Å². The summed E-state index contributed by atoms with van der Waals surface area (Å²) in [4.78, 5) is 4.08. The standard InChI is InChI=1S/C15H14FN5/c1-11(15-6-5-12(16)8-17-15)20-13-3-2-4-14(7-13)21-9-18-19-10-21/h2-11,20H,1H3. The Hall–Kier alpha value is -2.76. The molecule has 1 aromatic carbocycles. The van der Waals surface area contributed by atoms with Crippen molar-refractivity contribution < 1.29 is 4.39 Å². The van der Waals surface area contributed by atoms with Crippen LogP contribution in [0.25, 0.3) is 5.69 Å². The summed E-state index contributed by atoms with van der Waals surface area (Å²) in [6.45, 7) is 1.98. The fraction of sp³-hybridized carbons (Fsp3) is 0.133. The normalized spacial score (nSPS) is 12.1. The fourth-order valence-electron chi connectivity index (χ4n) is 2.06. The molecular weight excluding hydrogens is 269 g/mol. The van der Waals surface area contributed by atoms with Gasteiger partial charge in [0.05, 0.1) is 23.6 Å². The molecule has 1 unspecified atom stereocenters. The summed E-state index contributed by atoms with van der Waals surface area (Å²) in [6.07, 6.45) is 4.51. The lowest BCUT2D eigenvalue weighted by Gasteiger charge is -2.15. The Morgan fingerprint density at radius 3 is 2.67 bits per heavy atom. The first kappa shape index (κ1) is 13.2. The van der Waals surface area contributed by atoms with Crippen molar-refractivity contribution in [1.29, 1.82) is 0 Å². The van der Waals surface area contributed by atoms with Crippen LogP contribution in [0, 0.1) is 5.82 Å². The third-order valence-electron chi connectivity index (χ3n) is 3.14. The highest BCUT2D eigenvalue weighted by atomic mass is 19.1. The molecule has 3 rings (SSSR count). The molecule has 0 bridgehead atoms. The number of aromatic nitrogens is 4. The van der Waals surface area contributed by atoms with Crippen molar-refractivity contribution in [3.8, 4) is 5.69 Å². The SMILES string of the molecule is CC(Nc1cccc(-n2cnnc2)c1)c1ccc(F)cn1. The highest BCUT2D eigenvalue weighted by Crippen LogP contribution is 2.20. The fourth-order valence-corrected chi connectivity index (χ4v) is 2.06. The largest absolute Gasteiger partial charge is 0.377 e. The second-order valence-electron chi connectivity index (χ2n) is 4.69. The third kappa shape index (κ3) is 3.05. The summed E-state index contributed by atoms with van der Waals surface area (Å²) >= 11 is 0. The molecule has 6 heteroatoms. The second kappa shape index (κ2) is 5.70. The van der Waals surface area contributed by atoms with Crippen molar-refractivity contribution in [2.24, 2.45) is 0 Å². The molecule has 0 saturated carbocycles. The lowest BCUT2D eigenvalue weighted by molar-refractivity contribution is 0.617. The lowest BCUT2D eigenvalue weighted by atomic mass is 10.2. The van der Waals surface area contributed by atoms with Gasteiger partial charge in [0, 0.05) is 5.69 Å². The maximum absolute atomic E-state index is 12.9. The molecule has 0 amide bonds. The average Bonchev–Trinajstić information content (AvgIpc) is 3.02. The van der Waals surface area contributed by atoms with Crippen LogP contribution in [0.1, 0.15) is 18.7 Å². The summed E-state index contributed by atoms with van der Waals surface area (Å²) < 4.78 is 14.7. The zero-order valence-corrected chi connectivity index (χ0v) is 11.4. The summed E-state index contributed by atoms with van der Waals surface area (Å²) in [5.41, 5.74) is 2.69. The van der Waals surface area contributed by atoms with Crippen molar-refractivity contribution in [2.45, 2.75) is 13.0 Å². The molecule has 1 atom stereocenters. The number of nitrogens with zero attached hydrogens (tertiary/aromatic N) is 4. The van der Waals surface area contributed by atoms with E-state index in [0.717, 1.165) is 17.1 Å². The monoisotopic (exact) mass is 283 g/mol. The van der Waals surface area contributed by atoms with Gasteiger partial charge in [0.15, 0.2) is 0 Å². The smallest absolute Gasteiger partial charge is 0.141 e. The summed E-state index contributed by atoms with van der Waals surface area (Å²) in [5, 5.41) is 10.9. The van der Waals surface area contributed by atoms with Gasteiger partial charge in [-0.05, 0) is 37.3 Å². The van der Waals surface area contributed by atoms with Crippen LogP contribution in [0.2, 0.25) is 0 Å². The zero-order valence-electron chi connectivity index (χ0n) is 11.4. The van der Waals surface area contributed by atoms with Crippen LogP contribution in [-0.4, -0.2) is 19.7 Å². The van der Waals surface area contributed by atoms with E-state index in [4.69, 9.17) is 0 Å². The Morgan fingerprint density at radius 1 is 1.14 bits per heavy atom. The van der Waals surface area contributed by atoms with Gasteiger partial charge in [-0.25, -0.2) is 4.39 Å². The minimum atomic E-state index is -0.333. The quantitative estimate of drug-likeness (QED) is 0.799. The Balaban J connectivity index is 1.78.